The highest BCUT2D eigenvalue weighted by Crippen LogP contribution is 2.20. The highest BCUT2D eigenvalue weighted by atomic mass is 31.1. The van der Waals surface area contributed by atoms with E-state index >= 15 is 0 Å². The molecule has 0 aromatic carbocycles. The second kappa shape index (κ2) is 2.74. The van der Waals surface area contributed by atoms with Gasteiger partial charge in [0.1, 0.15) is 0 Å². The smallest absolute Gasteiger partial charge is 0.164 e. The fraction of sp³-hybridized carbons (Fsp3) is 1.00. The Labute approximate surface area is 48.9 Å². The van der Waals surface area contributed by atoms with Crippen molar-refractivity contribution in [1.82, 2.24) is 0 Å². The molecular weight excluding hydrogens is 103 g/mol. The van der Waals surface area contributed by atoms with Crippen LogP contribution >= 0.6 is 8.61 Å². The molecule has 0 aliphatic heterocycles. The maximum absolute atomic E-state index is 5.34. The molecule has 0 amide bonds. The molecule has 0 aromatic rings. The quantitative estimate of drug-likeness (QED) is 0.387. The molecule has 4 heteroatoms. The van der Waals surface area contributed by atoms with E-state index < -0.39 is 0 Å². The summed E-state index contributed by atoms with van der Waals surface area (Å²) in [6.45, 7) is 5.55. The second-order valence-corrected chi connectivity index (χ2v) is 3.70. The van der Waals surface area contributed by atoms with Crippen LogP contribution in [0.15, 0.2) is 0 Å². The van der Waals surface area contributed by atoms with Crippen molar-refractivity contribution in [3.05, 3.63) is 0 Å². The van der Waals surface area contributed by atoms with Gasteiger partial charge in [0.15, 0.2) is 7.00 Å². The summed E-state index contributed by atoms with van der Waals surface area (Å²) in [6.07, 6.45) is 0. The first-order chi connectivity index (χ1) is 3.06. The maximum Gasteiger partial charge on any atom is 0.164 e. The van der Waals surface area contributed by atoms with Crippen LogP contribution in [0.5, 0.6) is 0 Å². The molecule has 0 bridgehead atoms. The molecular formula is C3H12B2NP. The van der Waals surface area contributed by atoms with Gasteiger partial charge in [0, 0.05) is 0 Å². The summed E-state index contributed by atoms with van der Waals surface area (Å²) in [5, 5.41) is 0.438. The molecule has 0 aliphatic rings. The Balaban J connectivity index is 3.15. The van der Waals surface area contributed by atoms with Crippen molar-refractivity contribution in [2.75, 3.05) is 0 Å². The molecule has 1 atom stereocenters. The van der Waals surface area contributed by atoms with Crippen LogP contribution in [-0.4, -0.2) is 14.8 Å². The van der Waals surface area contributed by atoms with Gasteiger partial charge in [0.2, 0.25) is 0 Å². The standard InChI is InChI=1S/C3H12B2NP/c1-3(2,4)5-7-6/h5,7H,4,6H2,1-2H3. The zero-order valence-electron chi connectivity index (χ0n) is 5.28. The Morgan fingerprint density at radius 1 is 1.71 bits per heavy atom. The van der Waals surface area contributed by atoms with E-state index in [0.717, 1.165) is 7.00 Å². The molecule has 0 radical (unpaired) electrons. The van der Waals surface area contributed by atoms with Gasteiger partial charge in [-0.1, -0.05) is 27.7 Å². The molecule has 0 saturated heterocycles. The molecule has 0 heterocycles. The van der Waals surface area contributed by atoms with Crippen molar-refractivity contribution in [3.63, 3.8) is 0 Å². The first-order valence-electron chi connectivity index (χ1n) is 2.50. The lowest BCUT2D eigenvalue weighted by Crippen LogP contribution is -2.09. The first kappa shape index (κ1) is 7.52. The highest BCUT2D eigenvalue weighted by Gasteiger charge is 2.09. The summed E-state index contributed by atoms with van der Waals surface area (Å²) in [7, 11) is 2.81. The van der Waals surface area contributed by atoms with Gasteiger partial charge in [-0.25, -0.2) is 0 Å². The van der Waals surface area contributed by atoms with E-state index in [1.54, 1.807) is 0 Å². The van der Waals surface area contributed by atoms with Crippen molar-refractivity contribution in [3.8, 4) is 0 Å². The van der Waals surface area contributed by atoms with Gasteiger partial charge in [0.05, 0.1) is 7.85 Å². The predicted molar refractivity (Wildman–Crippen MR) is 42.2 cm³/mol. The van der Waals surface area contributed by atoms with Crippen molar-refractivity contribution < 1.29 is 0 Å². The van der Waals surface area contributed by atoms with Gasteiger partial charge in [0.25, 0.3) is 0 Å². The average Bonchev–Trinajstić information content (AvgIpc) is 1.30. The molecule has 0 aliphatic carbocycles. The van der Waals surface area contributed by atoms with Crippen LogP contribution in [0.25, 0.3) is 0 Å². The molecule has 0 spiro atoms. The first-order valence-corrected chi connectivity index (χ1v) is 3.78. The molecule has 1 nitrogen and oxygen atoms in total. The van der Waals surface area contributed by atoms with E-state index in [1.807, 2.05) is 0 Å². The summed E-state index contributed by atoms with van der Waals surface area (Å²) in [5.41, 5.74) is 5.34. The monoisotopic (exact) mass is 115 g/mol. The van der Waals surface area contributed by atoms with E-state index in [2.05, 4.69) is 21.7 Å². The second-order valence-electron chi connectivity index (χ2n) is 2.94. The largest absolute Gasteiger partial charge is 0.320 e. The van der Waals surface area contributed by atoms with Gasteiger partial charge < -0.3 is 5.50 Å². The van der Waals surface area contributed by atoms with Crippen LogP contribution in [0, 0.1) is 0 Å². The van der Waals surface area contributed by atoms with E-state index in [0.29, 0.717) is 13.8 Å². The van der Waals surface area contributed by atoms with Crippen LogP contribution in [0.1, 0.15) is 13.8 Å². The van der Waals surface area contributed by atoms with Crippen LogP contribution in [0.2, 0.25) is 5.21 Å². The van der Waals surface area contributed by atoms with E-state index in [9.17, 15) is 0 Å². The van der Waals surface area contributed by atoms with Crippen molar-refractivity contribution in [1.29, 1.82) is 0 Å². The van der Waals surface area contributed by atoms with Crippen molar-refractivity contribution in [2.24, 2.45) is 5.50 Å². The number of rotatable bonds is 2. The summed E-state index contributed by atoms with van der Waals surface area (Å²) in [6, 6.07) is 0. The Morgan fingerprint density at radius 2 is 2.14 bits per heavy atom. The SMILES string of the molecule is BC(C)(C)BPN. The van der Waals surface area contributed by atoms with Gasteiger partial charge in [-0.15, -0.1) is 0 Å². The van der Waals surface area contributed by atoms with E-state index in [-0.39, 0.29) is 0 Å². The van der Waals surface area contributed by atoms with Gasteiger partial charge in [-0.2, -0.15) is 0 Å². The summed E-state index contributed by atoms with van der Waals surface area (Å²) >= 11 is 0. The fourth-order valence-electron chi connectivity index (χ4n) is 0.306. The number of hydrogen-bond acceptors (Lipinski definition) is 1. The van der Waals surface area contributed by atoms with Crippen LogP contribution in [0.4, 0.5) is 0 Å². The lowest BCUT2D eigenvalue weighted by Gasteiger charge is -2.12. The lowest BCUT2D eigenvalue weighted by atomic mass is 9.56. The minimum atomic E-state index is 0.438. The zero-order chi connectivity index (χ0) is 5.91. The number of hydrogen-bond donors (Lipinski definition) is 1. The van der Waals surface area contributed by atoms with E-state index in [1.165, 1.54) is 0 Å². The fourth-order valence-corrected chi connectivity index (χ4v) is 0.919. The third kappa shape index (κ3) is 6.52. The number of nitrogens with two attached hydrogens (primary N) is 1. The summed E-state index contributed by atoms with van der Waals surface area (Å²) < 4.78 is 0. The molecule has 0 aromatic heterocycles. The molecule has 0 saturated carbocycles. The maximum atomic E-state index is 5.34. The van der Waals surface area contributed by atoms with Gasteiger partial charge in [-0.3, -0.25) is 0 Å². The third-order valence-corrected chi connectivity index (χ3v) is 1.90. The molecule has 2 N–H and O–H groups in total. The zero-order valence-corrected chi connectivity index (χ0v) is 6.28. The molecule has 1 unspecified atom stereocenters. The summed E-state index contributed by atoms with van der Waals surface area (Å²) in [4.78, 5) is 0. The summed E-state index contributed by atoms with van der Waals surface area (Å²) in [5.74, 6) is 0. The average molecular weight is 115 g/mol. The molecule has 40 valence electrons. The Hall–Kier alpha value is 0.520. The predicted octanol–water partition coefficient (Wildman–Crippen LogP) is -0.321. The molecule has 0 fully saturated rings. The van der Waals surface area contributed by atoms with Crippen LogP contribution < -0.4 is 5.50 Å². The Bertz CT molecular complexity index is 51.4. The van der Waals surface area contributed by atoms with Crippen LogP contribution in [0.3, 0.4) is 0 Å². The van der Waals surface area contributed by atoms with E-state index in [4.69, 9.17) is 5.50 Å². The minimum absolute atomic E-state index is 0.438. The Kier molecular flexibility index (Phi) is 2.94. The third-order valence-electron chi connectivity index (χ3n) is 0.632. The Morgan fingerprint density at radius 3 is 2.14 bits per heavy atom. The minimum Gasteiger partial charge on any atom is -0.320 e. The van der Waals surface area contributed by atoms with Crippen molar-refractivity contribution in [2.45, 2.75) is 19.1 Å². The normalized spacial score (nSPS) is 13.0. The lowest BCUT2D eigenvalue weighted by molar-refractivity contribution is 0.967. The van der Waals surface area contributed by atoms with Gasteiger partial charge >= 0.3 is 0 Å². The van der Waals surface area contributed by atoms with Crippen LogP contribution in [-0.2, 0) is 0 Å². The van der Waals surface area contributed by atoms with Gasteiger partial charge in [-0.05, 0) is 0 Å². The molecule has 7 heavy (non-hydrogen) atoms. The van der Waals surface area contributed by atoms with Crippen molar-refractivity contribution >= 4 is 23.5 Å². The highest BCUT2D eigenvalue weighted by molar-refractivity contribution is 7.69. The molecule has 0 rings (SSSR count). The topological polar surface area (TPSA) is 26.0 Å².